The number of methoxy groups -OCH3 is 1. The van der Waals surface area contributed by atoms with Gasteiger partial charge >= 0.3 is 0 Å². The molecule has 0 spiro atoms. The number of aryl methyl sites for hydroxylation is 1. The van der Waals surface area contributed by atoms with Crippen LogP contribution in [0.1, 0.15) is 37.2 Å². The van der Waals surface area contributed by atoms with Gasteiger partial charge in [-0.2, -0.15) is 0 Å². The van der Waals surface area contributed by atoms with Gasteiger partial charge in [0.1, 0.15) is 11.3 Å². The van der Waals surface area contributed by atoms with Crippen LogP contribution in [0.3, 0.4) is 0 Å². The van der Waals surface area contributed by atoms with E-state index < -0.39 is 0 Å². The second-order valence-corrected chi connectivity index (χ2v) is 7.29. The standard InChI is InChI=1S/C18H17N5O4S/c1-10-8-13(22-27-10)15(24)21-18-20-12-5-7-23(9-14(12)28-18)17(25)11-4-3-6-19-16(11)26-2/h3-4,6,8H,5,7,9H2,1-2H3,(H,20,21,24). The average molecular weight is 399 g/mol. The molecule has 0 saturated carbocycles. The average Bonchev–Trinajstić information content (AvgIpc) is 3.32. The molecule has 0 atom stereocenters. The van der Waals surface area contributed by atoms with Crippen molar-refractivity contribution < 1.29 is 18.8 Å². The van der Waals surface area contributed by atoms with Crippen molar-refractivity contribution in [1.29, 1.82) is 0 Å². The topological polar surface area (TPSA) is 110 Å². The first-order valence-electron chi connectivity index (χ1n) is 8.56. The number of amides is 2. The zero-order valence-corrected chi connectivity index (χ0v) is 16.1. The van der Waals surface area contributed by atoms with Crippen molar-refractivity contribution in [1.82, 2.24) is 20.0 Å². The van der Waals surface area contributed by atoms with E-state index in [1.165, 1.54) is 18.4 Å². The normalized spacial score (nSPS) is 13.1. The summed E-state index contributed by atoms with van der Waals surface area (Å²) in [5.74, 6) is 0.339. The number of nitrogens with zero attached hydrogens (tertiary/aromatic N) is 4. The fourth-order valence-electron chi connectivity index (χ4n) is 2.94. The van der Waals surface area contributed by atoms with Crippen molar-refractivity contribution in [2.24, 2.45) is 0 Å². The summed E-state index contributed by atoms with van der Waals surface area (Å²) in [6.07, 6.45) is 2.19. The van der Waals surface area contributed by atoms with Crippen molar-refractivity contribution in [3.8, 4) is 5.88 Å². The van der Waals surface area contributed by atoms with Crippen molar-refractivity contribution in [2.45, 2.75) is 19.9 Å². The van der Waals surface area contributed by atoms with E-state index in [4.69, 9.17) is 9.26 Å². The van der Waals surface area contributed by atoms with Crippen LogP contribution >= 0.6 is 11.3 Å². The maximum atomic E-state index is 12.9. The van der Waals surface area contributed by atoms with E-state index in [2.05, 4.69) is 20.4 Å². The summed E-state index contributed by atoms with van der Waals surface area (Å²) in [5, 5.41) is 6.91. The summed E-state index contributed by atoms with van der Waals surface area (Å²) in [6.45, 7) is 2.67. The Bertz CT molecular complexity index is 1040. The van der Waals surface area contributed by atoms with Crippen LogP contribution < -0.4 is 10.1 Å². The minimum absolute atomic E-state index is 0.146. The van der Waals surface area contributed by atoms with Crippen LogP contribution in [0, 0.1) is 6.92 Å². The van der Waals surface area contributed by atoms with E-state index in [9.17, 15) is 9.59 Å². The quantitative estimate of drug-likeness (QED) is 0.716. The lowest BCUT2D eigenvalue weighted by atomic mass is 10.1. The number of aromatic nitrogens is 3. The third-order valence-electron chi connectivity index (χ3n) is 4.29. The summed E-state index contributed by atoms with van der Waals surface area (Å²) >= 11 is 1.35. The van der Waals surface area contributed by atoms with Crippen LogP contribution in [-0.2, 0) is 13.0 Å². The molecule has 4 rings (SSSR count). The van der Waals surface area contributed by atoms with Gasteiger partial charge in [-0.3, -0.25) is 14.9 Å². The summed E-state index contributed by atoms with van der Waals surface area (Å²) in [4.78, 5) is 36.3. The molecule has 0 fully saturated rings. The van der Waals surface area contributed by atoms with Crippen molar-refractivity contribution in [2.75, 3.05) is 19.0 Å². The van der Waals surface area contributed by atoms with Crippen molar-refractivity contribution >= 4 is 28.3 Å². The maximum Gasteiger partial charge on any atom is 0.279 e. The van der Waals surface area contributed by atoms with Gasteiger partial charge in [0.15, 0.2) is 10.8 Å². The second kappa shape index (κ2) is 7.39. The zero-order chi connectivity index (χ0) is 19.7. The first-order chi connectivity index (χ1) is 13.5. The number of pyridine rings is 1. The Morgan fingerprint density at radius 3 is 3.00 bits per heavy atom. The highest BCUT2D eigenvalue weighted by Gasteiger charge is 2.27. The second-order valence-electron chi connectivity index (χ2n) is 6.20. The SMILES string of the molecule is COc1ncccc1C(=O)N1CCc2nc(NC(=O)c3cc(C)on3)sc2C1. The minimum Gasteiger partial charge on any atom is -0.480 e. The molecule has 1 aliphatic rings. The third-order valence-corrected chi connectivity index (χ3v) is 5.29. The molecule has 3 aromatic rings. The monoisotopic (exact) mass is 399 g/mol. The van der Waals surface area contributed by atoms with E-state index >= 15 is 0 Å². The lowest BCUT2D eigenvalue weighted by molar-refractivity contribution is 0.0731. The highest BCUT2D eigenvalue weighted by Crippen LogP contribution is 2.30. The van der Waals surface area contributed by atoms with Gasteiger partial charge in [-0.05, 0) is 19.1 Å². The molecule has 3 aromatic heterocycles. The van der Waals surface area contributed by atoms with Gasteiger partial charge in [0.2, 0.25) is 5.88 Å². The Morgan fingerprint density at radius 1 is 1.39 bits per heavy atom. The lowest BCUT2D eigenvalue weighted by Crippen LogP contribution is -2.35. The molecule has 28 heavy (non-hydrogen) atoms. The fourth-order valence-corrected chi connectivity index (χ4v) is 3.96. The first-order valence-corrected chi connectivity index (χ1v) is 9.38. The first kappa shape index (κ1) is 18.1. The Hall–Kier alpha value is -3.27. The van der Waals surface area contributed by atoms with E-state index in [0.29, 0.717) is 41.8 Å². The molecule has 0 bridgehead atoms. The zero-order valence-electron chi connectivity index (χ0n) is 15.3. The molecule has 1 aliphatic heterocycles. The van der Waals surface area contributed by atoms with Crippen molar-refractivity contribution in [3.05, 3.63) is 52.0 Å². The predicted molar refractivity (Wildman–Crippen MR) is 101 cm³/mol. The molecule has 2 amide bonds. The van der Waals surface area contributed by atoms with Gasteiger partial charge in [0.25, 0.3) is 11.8 Å². The number of hydrogen-bond acceptors (Lipinski definition) is 8. The van der Waals surface area contributed by atoms with Crippen LogP contribution in [0.2, 0.25) is 0 Å². The number of carbonyl (C=O) groups excluding carboxylic acids is 2. The van der Waals surface area contributed by atoms with Gasteiger partial charge in [-0.15, -0.1) is 0 Å². The molecule has 0 unspecified atom stereocenters. The van der Waals surface area contributed by atoms with Crippen LogP contribution in [0.15, 0.2) is 28.9 Å². The van der Waals surface area contributed by atoms with Gasteiger partial charge in [0, 0.05) is 30.1 Å². The molecule has 4 heterocycles. The van der Waals surface area contributed by atoms with Crippen molar-refractivity contribution in [3.63, 3.8) is 0 Å². The Morgan fingerprint density at radius 2 is 2.25 bits per heavy atom. The number of rotatable bonds is 4. The molecule has 144 valence electrons. The Labute approximate surface area is 164 Å². The van der Waals surface area contributed by atoms with E-state index in [1.807, 2.05) is 0 Å². The number of fused-ring (bicyclic) bond motifs is 1. The van der Waals surface area contributed by atoms with Gasteiger partial charge < -0.3 is 14.2 Å². The number of thiazole rings is 1. The van der Waals surface area contributed by atoms with E-state index in [1.54, 1.807) is 36.2 Å². The molecular formula is C18H17N5O4S. The molecule has 0 saturated heterocycles. The summed E-state index contributed by atoms with van der Waals surface area (Å²) in [7, 11) is 1.49. The fraction of sp³-hybridized carbons (Fsp3) is 0.278. The lowest BCUT2D eigenvalue weighted by Gasteiger charge is -2.26. The van der Waals surface area contributed by atoms with E-state index in [0.717, 1.165) is 10.6 Å². The Kier molecular flexibility index (Phi) is 4.78. The number of hydrogen-bond donors (Lipinski definition) is 1. The van der Waals surface area contributed by atoms with Gasteiger partial charge in [-0.1, -0.05) is 16.5 Å². The number of carbonyl (C=O) groups is 2. The largest absolute Gasteiger partial charge is 0.480 e. The summed E-state index contributed by atoms with van der Waals surface area (Å²) < 4.78 is 10.1. The third kappa shape index (κ3) is 3.46. The van der Waals surface area contributed by atoms with Crippen LogP contribution in [0.25, 0.3) is 0 Å². The Balaban J connectivity index is 1.48. The van der Waals surface area contributed by atoms with Crippen LogP contribution in [0.5, 0.6) is 5.88 Å². The molecule has 0 aliphatic carbocycles. The molecule has 0 aromatic carbocycles. The summed E-state index contributed by atoms with van der Waals surface area (Å²) in [6, 6.07) is 4.96. The number of ether oxygens (including phenoxy) is 1. The van der Waals surface area contributed by atoms with Crippen LogP contribution in [-0.4, -0.2) is 45.5 Å². The smallest absolute Gasteiger partial charge is 0.279 e. The molecular weight excluding hydrogens is 382 g/mol. The van der Waals surface area contributed by atoms with Crippen LogP contribution in [0.4, 0.5) is 5.13 Å². The van der Waals surface area contributed by atoms with Gasteiger partial charge in [-0.25, -0.2) is 9.97 Å². The molecule has 0 radical (unpaired) electrons. The highest BCUT2D eigenvalue weighted by atomic mass is 32.1. The summed E-state index contributed by atoms with van der Waals surface area (Å²) in [5.41, 5.74) is 1.51. The molecule has 10 heteroatoms. The minimum atomic E-state index is -0.379. The van der Waals surface area contributed by atoms with E-state index in [-0.39, 0.29) is 17.5 Å². The highest BCUT2D eigenvalue weighted by molar-refractivity contribution is 7.15. The predicted octanol–water partition coefficient (Wildman–Crippen LogP) is 2.29. The van der Waals surface area contributed by atoms with Gasteiger partial charge in [0.05, 0.1) is 19.3 Å². The maximum absolute atomic E-state index is 12.9. The molecule has 9 nitrogen and oxygen atoms in total. The number of anilines is 1. The molecule has 1 N–H and O–H groups in total. The number of nitrogens with one attached hydrogen (secondary N) is 1.